The number of hydrogen-bond acceptors (Lipinski definition) is 6. The van der Waals surface area contributed by atoms with Gasteiger partial charge in [0.1, 0.15) is 0 Å². The third-order valence-electron chi connectivity index (χ3n) is 4.99. The molecule has 0 unspecified atom stereocenters. The Morgan fingerprint density at radius 3 is 2.39 bits per heavy atom. The zero-order valence-corrected chi connectivity index (χ0v) is 23.1. The van der Waals surface area contributed by atoms with Crippen LogP contribution in [0.25, 0.3) is 0 Å². The van der Waals surface area contributed by atoms with Gasteiger partial charge >= 0.3 is 11.8 Å². The van der Waals surface area contributed by atoms with Crippen LogP contribution in [0.15, 0.2) is 70.2 Å². The Kier molecular flexibility index (Phi) is 10.7. The van der Waals surface area contributed by atoms with Crippen molar-refractivity contribution in [3.05, 3.63) is 81.3 Å². The quantitative estimate of drug-likeness (QED) is 0.168. The summed E-state index contributed by atoms with van der Waals surface area (Å²) in [6.07, 6.45) is 2.26. The van der Waals surface area contributed by atoms with Crippen LogP contribution in [0.1, 0.15) is 25.0 Å². The van der Waals surface area contributed by atoms with Gasteiger partial charge in [0.2, 0.25) is 0 Å². The zero-order chi connectivity index (χ0) is 27.5. The summed E-state index contributed by atoms with van der Waals surface area (Å²) in [6, 6.07) is 17.3. The summed E-state index contributed by atoms with van der Waals surface area (Å²) in [5.74, 6) is -1.48. The summed E-state index contributed by atoms with van der Waals surface area (Å²) in [7, 11) is 0. The van der Waals surface area contributed by atoms with Crippen LogP contribution in [0.2, 0.25) is 5.02 Å². The van der Waals surface area contributed by atoms with Gasteiger partial charge in [0.25, 0.3) is 5.91 Å². The van der Waals surface area contributed by atoms with E-state index in [0.29, 0.717) is 44.5 Å². The zero-order valence-electron chi connectivity index (χ0n) is 20.7. The van der Waals surface area contributed by atoms with Crippen LogP contribution in [0.3, 0.4) is 0 Å². The highest BCUT2D eigenvalue weighted by molar-refractivity contribution is 9.10. The Balaban J connectivity index is 1.60. The van der Waals surface area contributed by atoms with E-state index in [-0.39, 0.29) is 12.5 Å². The molecule has 0 aliphatic rings. The van der Waals surface area contributed by atoms with Crippen LogP contribution in [0.5, 0.6) is 11.5 Å². The predicted octanol–water partition coefficient (Wildman–Crippen LogP) is 5.17. The first-order valence-electron chi connectivity index (χ1n) is 11.7. The second-order valence-electron chi connectivity index (χ2n) is 7.81. The molecule has 0 aliphatic carbocycles. The Labute approximate surface area is 233 Å². The van der Waals surface area contributed by atoms with Crippen molar-refractivity contribution in [1.29, 1.82) is 0 Å². The first-order chi connectivity index (χ1) is 18.3. The number of anilines is 2. The average molecular weight is 602 g/mol. The monoisotopic (exact) mass is 600 g/mol. The lowest BCUT2D eigenvalue weighted by Crippen LogP contribution is -2.32. The number of halogens is 2. The molecular weight excluding hydrogens is 576 g/mol. The van der Waals surface area contributed by atoms with Gasteiger partial charge in [-0.05, 0) is 82.9 Å². The fourth-order valence-electron chi connectivity index (χ4n) is 3.19. The highest BCUT2D eigenvalue weighted by atomic mass is 79.9. The third-order valence-corrected chi connectivity index (χ3v) is 5.82. The van der Waals surface area contributed by atoms with Gasteiger partial charge in [-0.15, -0.1) is 0 Å². The minimum atomic E-state index is -0.958. The Hall–Kier alpha value is -3.89. The number of aryl methyl sites for hydroxylation is 1. The number of benzene rings is 3. The second-order valence-corrected chi connectivity index (χ2v) is 9.10. The normalized spacial score (nSPS) is 10.6. The molecule has 198 valence electrons. The van der Waals surface area contributed by atoms with Crippen molar-refractivity contribution in [2.75, 3.05) is 23.8 Å². The van der Waals surface area contributed by atoms with Crippen molar-refractivity contribution in [3.8, 4) is 11.5 Å². The van der Waals surface area contributed by atoms with Crippen molar-refractivity contribution in [2.45, 2.75) is 20.3 Å². The lowest BCUT2D eigenvalue weighted by molar-refractivity contribution is -0.136. The molecule has 0 saturated heterocycles. The SMILES string of the molecule is CCOc1cc(/C=N\NC(=O)C(=O)Nc2cccc(Cl)c2)cc(Br)c1OCC(=O)Nc1ccc(CC)cc1. The molecule has 0 spiro atoms. The predicted molar refractivity (Wildman–Crippen MR) is 151 cm³/mol. The van der Waals surface area contributed by atoms with E-state index < -0.39 is 11.8 Å². The van der Waals surface area contributed by atoms with Crippen LogP contribution in [-0.4, -0.2) is 37.1 Å². The number of nitrogens with zero attached hydrogens (tertiary/aromatic N) is 1. The number of carbonyl (C=O) groups excluding carboxylic acids is 3. The van der Waals surface area contributed by atoms with Gasteiger partial charge in [-0.1, -0.05) is 36.7 Å². The number of ether oxygens (including phenoxy) is 2. The number of nitrogens with one attached hydrogen (secondary N) is 3. The van der Waals surface area contributed by atoms with Crippen LogP contribution in [0.4, 0.5) is 11.4 Å². The van der Waals surface area contributed by atoms with E-state index in [4.69, 9.17) is 21.1 Å². The molecule has 38 heavy (non-hydrogen) atoms. The molecule has 3 aromatic carbocycles. The van der Waals surface area contributed by atoms with E-state index in [0.717, 1.165) is 6.42 Å². The van der Waals surface area contributed by atoms with E-state index in [1.807, 2.05) is 31.2 Å². The van der Waals surface area contributed by atoms with Crippen molar-refractivity contribution >= 4 is 62.8 Å². The van der Waals surface area contributed by atoms with E-state index in [1.165, 1.54) is 17.8 Å². The maximum absolute atomic E-state index is 12.4. The fourth-order valence-corrected chi connectivity index (χ4v) is 3.96. The molecule has 0 heterocycles. The molecule has 0 saturated carbocycles. The summed E-state index contributed by atoms with van der Waals surface area (Å²) in [5, 5.41) is 9.48. The van der Waals surface area contributed by atoms with Crippen LogP contribution < -0.4 is 25.5 Å². The summed E-state index contributed by atoms with van der Waals surface area (Å²) in [6.45, 7) is 3.98. The lowest BCUT2D eigenvalue weighted by atomic mass is 10.1. The van der Waals surface area contributed by atoms with E-state index in [9.17, 15) is 14.4 Å². The molecular formula is C27H26BrClN4O5. The smallest absolute Gasteiger partial charge is 0.329 e. The molecule has 0 radical (unpaired) electrons. The van der Waals surface area contributed by atoms with Crippen LogP contribution >= 0.6 is 27.5 Å². The molecule has 3 N–H and O–H groups in total. The molecule has 3 amide bonds. The maximum Gasteiger partial charge on any atom is 0.329 e. The molecule has 9 nitrogen and oxygen atoms in total. The van der Waals surface area contributed by atoms with Crippen LogP contribution in [0, 0.1) is 0 Å². The lowest BCUT2D eigenvalue weighted by Gasteiger charge is -2.14. The fraction of sp³-hybridized carbons (Fsp3) is 0.185. The summed E-state index contributed by atoms with van der Waals surface area (Å²) >= 11 is 9.30. The minimum Gasteiger partial charge on any atom is -0.490 e. The average Bonchev–Trinajstić information content (AvgIpc) is 2.88. The Morgan fingerprint density at radius 2 is 1.71 bits per heavy atom. The van der Waals surface area contributed by atoms with Crippen LogP contribution in [-0.2, 0) is 20.8 Å². The molecule has 0 bridgehead atoms. The van der Waals surface area contributed by atoms with Crippen molar-refractivity contribution < 1.29 is 23.9 Å². The summed E-state index contributed by atoms with van der Waals surface area (Å²) < 4.78 is 11.9. The van der Waals surface area contributed by atoms with Gasteiger partial charge in [-0.2, -0.15) is 5.10 Å². The summed E-state index contributed by atoms with van der Waals surface area (Å²) in [5.41, 5.74) is 4.94. The summed E-state index contributed by atoms with van der Waals surface area (Å²) in [4.78, 5) is 36.5. The maximum atomic E-state index is 12.4. The molecule has 0 atom stereocenters. The van der Waals surface area contributed by atoms with Gasteiger partial charge < -0.3 is 20.1 Å². The van der Waals surface area contributed by atoms with E-state index in [1.54, 1.807) is 30.3 Å². The van der Waals surface area contributed by atoms with Gasteiger partial charge in [0.05, 0.1) is 17.3 Å². The Bertz CT molecular complexity index is 1330. The van der Waals surface area contributed by atoms with Crippen molar-refractivity contribution in [3.63, 3.8) is 0 Å². The molecule has 3 aromatic rings. The number of carbonyl (C=O) groups is 3. The highest BCUT2D eigenvalue weighted by Gasteiger charge is 2.15. The first-order valence-corrected chi connectivity index (χ1v) is 12.8. The van der Waals surface area contributed by atoms with Crippen molar-refractivity contribution in [2.24, 2.45) is 5.10 Å². The molecule has 0 aliphatic heterocycles. The molecule has 0 aromatic heterocycles. The second kappa shape index (κ2) is 14.2. The van der Waals surface area contributed by atoms with Gasteiger partial charge in [-0.3, -0.25) is 14.4 Å². The molecule has 3 rings (SSSR count). The Morgan fingerprint density at radius 1 is 0.947 bits per heavy atom. The molecule has 0 fully saturated rings. The van der Waals surface area contributed by atoms with Gasteiger partial charge in [-0.25, -0.2) is 5.43 Å². The number of rotatable bonds is 10. The minimum absolute atomic E-state index is 0.237. The van der Waals surface area contributed by atoms with E-state index in [2.05, 4.69) is 44.0 Å². The number of amides is 3. The number of hydrogen-bond donors (Lipinski definition) is 3. The molecule has 11 heteroatoms. The van der Waals surface area contributed by atoms with E-state index >= 15 is 0 Å². The highest BCUT2D eigenvalue weighted by Crippen LogP contribution is 2.36. The number of hydrazone groups is 1. The standard InChI is InChI=1S/C27H26BrClN4O5/c1-3-17-8-10-20(11-9-17)31-24(34)16-38-25-22(28)12-18(13-23(25)37-4-2)15-30-33-27(36)26(35)32-21-7-5-6-19(29)14-21/h5-15H,3-4,16H2,1-2H3,(H,31,34)(H,32,35)(H,33,36)/b30-15-. The van der Waals surface area contributed by atoms with Crippen molar-refractivity contribution in [1.82, 2.24) is 5.43 Å². The third kappa shape index (κ3) is 8.60. The largest absolute Gasteiger partial charge is 0.490 e. The first kappa shape index (κ1) is 28.7. The van der Waals surface area contributed by atoms with Gasteiger partial charge in [0.15, 0.2) is 18.1 Å². The van der Waals surface area contributed by atoms with Gasteiger partial charge in [0, 0.05) is 16.4 Å². The topological polar surface area (TPSA) is 118 Å².